The Bertz CT molecular complexity index is 1220. The zero-order valence-electron chi connectivity index (χ0n) is 24.3. The highest BCUT2D eigenvalue weighted by Gasteiger charge is 2.39. The molecule has 2 saturated heterocycles. The second-order valence-corrected chi connectivity index (χ2v) is 10.8. The molecule has 0 bridgehead atoms. The first kappa shape index (κ1) is 37.9. The van der Waals surface area contributed by atoms with Crippen molar-refractivity contribution in [2.45, 2.75) is 37.8 Å². The van der Waals surface area contributed by atoms with Gasteiger partial charge in [0.1, 0.15) is 5.75 Å². The van der Waals surface area contributed by atoms with Crippen LogP contribution in [0.5, 0.6) is 5.75 Å². The standard InChI is InChI=1S/C29H35F6N3O4.2ClH/c1-19-3-4-20(12-26(19)39)11-24-16-36(5-6-37-9-10-42-25(17-37)18-41-2)7-8-38(24)27(40)21-13-22(28(30,31)32)15-23(14-21)29(33,34)35;;/h3-4,12-15,24-25,39H,5-11,16-18H2,1-2H3;2*1H/t24-,25+;;/m1../s1. The Hall–Kier alpha value is -2.29. The Morgan fingerprint density at radius 3 is 2.11 bits per heavy atom. The number of ether oxygens (including phenoxy) is 2. The van der Waals surface area contributed by atoms with Crippen molar-refractivity contribution in [1.82, 2.24) is 14.7 Å². The van der Waals surface area contributed by atoms with Crippen LogP contribution in [0.3, 0.4) is 0 Å². The van der Waals surface area contributed by atoms with E-state index in [4.69, 9.17) is 9.47 Å². The molecule has 0 radical (unpaired) electrons. The van der Waals surface area contributed by atoms with Crippen LogP contribution in [0.15, 0.2) is 36.4 Å². The van der Waals surface area contributed by atoms with Gasteiger partial charge in [0.2, 0.25) is 0 Å². The number of hydrogen-bond acceptors (Lipinski definition) is 6. The number of rotatable bonds is 8. The van der Waals surface area contributed by atoms with Crippen LogP contribution in [0.2, 0.25) is 0 Å². The van der Waals surface area contributed by atoms with E-state index in [1.807, 2.05) is 0 Å². The van der Waals surface area contributed by atoms with Crippen molar-refractivity contribution in [3.63, 3.8) is 0 Å². The van der Waals surface area contributed by atoms with E-state index in [0.717, 1.165) is 13.1 Å². The molecule has 2 aliphatic heterocycles. The normalized spacial score (nSPS) is 20.1. The third-order valence-corrected chi connectivity index (χ3v) is 7.72. The van der Waals surface area contributed by atoms with Gasteiger partial charge in [-0.05, 0) is 48.7 Å². The predicted molar refractivity (Wildman–Crippen MR) is 157 cm³/mol. The minimum Gasteiger partial charge on any atom is -0.508 e. The number of phenolic OH excluding ortho intramolecular Hbond substituents is 1. The summed E-state index contributed by atoms with van der Waals surface area (Å²) in [6.07, 6.45) is -9.89. The molecule has 2 atom stereocenters. The number of hydrogen-bond donors (Lipinski definition) is 1. The lowest BCUT2D eigenvalue weighted by molar-refractivity contribution is -0.143. The molecule has 0 unspecified atom stereocenters. The SMILES string of the molecule is COC[C@@H]1CN(CCN2CCN(C(=O)c3cc(C(F)(F)F)cc(C(F)(F)F)c3)[C@H](Cc3ccc(C)c(O)c3)C2)CCO1.Cl.Cl. The number of carbonyl (C=O) groups is 1. The van der Waals surface area contributed by atoms with Gasteiger partial charge in [0.05, 0.1) is 30.4 Å². The zero-order valence-corrected chi connectivity index (χ0v) is 25.9. The summed E-state index contributed by atoms with van der Waals surface area (Å²) >= 11 is 0. The number of phenols is 1. The molecule has 2 aromatic rings. The van der Waals surface area contributed by atoms with Crippen molar-refractivity contribution >= 4 is 30.7 Å². The number of alkyl halides is 6. The van der Waals surface area contributed by atoms with Crippen molar-refractivity contribution in [2.24, 2.45) is 0 Å². The number of halogens is 8. The minimum absolute atomic E-state index is 0. The lowest BCUT2D eigenvalue weighted by Crippen LogP contribution is -2.57. The van der Waals surface area contributed by atoms with Gasteiger partial charge in [0.15, 0.2) is 0 Å². The highest BCUT2D eigenvalue weighted by Crippen LogP contribution is 2.37. The summed E-state index contributed by atoms with van der Waals surface area (Å²) in [5.74, 6) is -0.841. The fraction of sp³-hybridized carbons (Fsp3) is 0.552. The molecule has 44 heavy (non-hydrogen) atoms. The van der Waals surface area contributed by atoms with E-state index in [-0.39, 0.29) is 55.7 Å². The quantitative estimate of drug-likeness (QED) is 0.384. The van der Waals surface area contributed by atoms with Crippen LogP contribution in [0, 0.1) is 6.92 Å². The topological polar surface area (TPSA) is 65.5 Å². The molecule has 0 aliphatic carbocycles. The second-order valence-electron chi connectivity index (χ2n) is 10.8. The maximum absolute atomic E-state index is 13.6. The van der Waals surface area contributed by atoms with E-state index in [9.17, 15) is 36.2 Å². The van der Waals surface area contributed by atoms with E-state index >= 15 is 0 Å². The van der Waals surface area contributed by atoms with Gasteiger partial charge < -0.3 is 19.5 Å². The molecule has 0 spiro atoms. The fourth-order valence-electron chi connectivity index (χ4n) is 5.42. The van der Waals surface area contributed by atoms with Crippen LogP contribution in [0.25, 0.3) is 0 Å². The third kappa shape index (κ3) is 9.85. The van der Waals surface area contributed by atoms with Gasteiger partial charge in [-0.15, -0.1) is 24.8 Å². The van der Waals surface area contributed by atoms with E-state index in [0.29, 0.717) is 62.7 Å². The number of carbonyl (C=O) groups excluding carboxylic acids is 1. The van der Waals surface area contributed by atoms with Crippen LogP contribution in [-0.4, -0.2) is 104 Å². The molecule has 2 fully saturated rings. The second kappa shape index (κ2) is 15.8. The Morgan fingerprint density at radius 1 is 0.932 bits per heavy atom. The predicted octanol–water partition coefficient (Wildman–Crippen LogP) is 5.30. The summed E-state index contributed by atoms with van der Waals surface area (Å²) in [6, 6.07) is 5.49. The summed E-state index contributed by atoms with van der Waals surface area (Å²) < 4.78 is 91.8. The van der Waals surface area contributed by atoms with Crippen LogP contribution in [0.1, 0.15) is 32.6 Å². The number of benzene rings is 2. The molecule has 2 heterocycles. The number of piperazine rings is 1. The highest BCUT2D eigenvalue weighted by atomic mass is 35.5. The van der Waals surface area contributed by atoms with Crippen molar-refractivity contribution in [3.05, 3.63) is 64.2 Å². The first-order valence-electron chi connectivity index (χ1n) is 13.7. The maximum Gasteiger partial charge on any atom is 0.416 e. The minimum atomic E-state index is -5.06. The summed E-state index contributed by atoms with van der Waals surface area (Å²) in [6.45, 7) is 6.49. The molecule has 7 nitrogen and oxygen atoms in total. The van der Waals surface area contributed by atoms with Gasteiger partial charge in [0, 0.05) is 64.5 Å². The number of aryl methyl sites for hydroxylation is 1. The zero-order chi connectivity index (χ0) is 30.7. The lowest BCUT2D eigenvalue weighted by atomic mass is 9.98. The molecular weight excluding hydrogens is 639 g/mol. The summed E-state index contributed by atoms with van der Waals surface area (Å²) in [5.41, 5.74) is -2.38. The molecule has 2 aliphatic rings. The number of methoxy groups -OCH3 is 1. The Kier molecular flexibility index (Phi) is 13.6. The summed E-state index contributed by atoms with van der Waals surface area (Å²) in [4.78, 5) is 19.3. The largest absolute Gasteiger partial charge is 0.508 e. The average molecular weight is 677 g/mol. The number of nitrogens with zero attached hydrogens (tertiary/aromatic N) is 3. The third-order valence-electron chi connectivity index (χ3n) is 7.72. The number of aromatic hydroxyl groups is 1. The Morgan fingerprint density at radius 2 is 1.55 bits per heavy atom. The van der Waals surface area contributed by atoms with Gasteiger partial charge in [-0.3, -0.25) is 14.6 Å². The van der Waals surface area contributed by atoms with Gasteiger partial charge in [-0.1, -0.05) is 12.1 Å². The van der Waals surface area contributed by atoms with Gasteiger partial charge in [0.25, 0.3) is 5.91 Å². The average Bonchev–Trinajstić information content (AvgIpc) is 2.93. The van der Waals surface area contributed by atoms with Crippen molar-refractivity contribution in [2.75, 3.05) is 66.1 Å². The molecule has 1 amide bonds. The Labute approximate surface area is 264 Å². The van der Waals surface area contributed by atoms with Crippen molar-refractivity contribution < 1.29 is 45.7 Å². The molecule has 248 valence electrons. The van der Waals surface area contributed by atoms with E-state index < -0.39 is 41.0 Å². The van der Waals surface area contributed by atoms with Crippen molar-refractivity contribution in [3.8, 4) is 5.75 Å². The van der Waals surface area contributed by atoms with E-state index in [1.165, 1.54) is 4.90 Å². The van der Waals surface area contributed by atoms with Gasteiger partial charge in [-0.2, -0.15) is 26.3 Å². The number of amides is 1. The molecule has 0 aromatic heterocycles. The van der Waals surface area contributed by atoms with Crippen LogP contribution < -0.4 is 0 Å². The van der Waals surface area contributed by atoms with Gasteiger partial charge >= 0.3 is 12.4 Å². The number of morpholine rings is 1. The molecule has 0 saturated carbocycles. The van der Waals surface area contributed by atoms with Crippen LogP contribution in [0.4, 0.5) is 26.3 Å². The highest BCUT2D eigenvalue weighted by molar-refractivity contribution is 5.95. The van der Waals surface area contributed by atoms with E-state index in [1.54, 1.807) is 32.2 Å². The lowest BCUT2D eigenvalue weighted by Gasteiger charge is -2.43. The summed E-state index contributed by atoms with van der Waals surface area (Å²) in [5, 5.41) is 10.2. The molecule has 2 aromatic carbocycles. The molecular formula is C29H37Cl2F6N3O4. The first-order valence-corrected chi connectivity index (χ1v) is 13.7. The molecule has 1 N–H and O–H groups in total. The van der Waals surface area contributed by atoms with Crippen LogP contribution in [-0.2, 0) is 28.2 Å². The smallest absolute Gasteiger partial charge is 0.416 e. The molecule has 4 rings (SSSR count). The Balaban J connectivity index is 0.00000337. The van der Waals surface area contributed by atoms with Gasteiger partial charge in [-0.25, -0.2) is 0 Å². The summed E-state index contributed by atoms with van der Waals surface area (Å²) in [7, 11) is 1.61. The maximum atomic E-state index is 13.6. The van der Waals surface area contributed by atoms with Crippen LogP contribution >= 0.6 is 24.8 Å². The fourth-order valence-corrected chi connectivity index (χ4v) is 5.42. The molecule has 15 heteroatoms. The first-order chi connectivity index (χ1) is 19.7. The van der Waals surface area contributed by atoms with E-state index in [2.05, 4.69) is 9.80 Å². The van der Waals surface area contributed by atoms with Crippen molar-refractivity contribution in [1.29, 1.82) is 0 Å². The monoisotopic (exact) mass is 675 g/mol.